The largest absolute Gasteiger partial charge is 0.363 e. The van der Waals surface area contributed by atoms with Gasteiger partial charge in [-0.1, -0.05) is 18.2 Å². The summed E-state index contributed by atoms with van der Waals surface area (Å²) in [5.74, 6) is -0.136. The maximum absolute atomic E-state index is 11.8. The maximum Gasteiger partial charge on any atom is 0.282 e. The Morgan fingerprint density at radius 1 is 1.40 bits per heavy atom. The van der Waals surface area contributed by atoms with Crippen molar-refractivity contribution in [1.29, 1.82) is 0 Å². The average molecular weight is 204 g/mol. The normalized spacial score (nSPS) is 19.9. The standard InChI is InChI=1S/C11H12N2O2/c1-2-15-10-8-12-13(11(10)14)9-6-4-3-5-7-9/h3-8,10H,2H2,1H3. The van der Waals surface area contributed by atoms with E-state index in [2.05, 4.69) is 5.10 Å². The van der Waals surface area contributed by atoms with Crippen LogP contribution in [0.15, 0.2) is 35.4 Å². The molecule has 78 valence electrons. The lowest BCUT2D eigenvalue weighted by Gasteiger charge is -2.13. The van der Waals surface area contributed by atoms with E-state index in [1.54, 1.807) is 0 Å². The number of nitrogens with zero attached hydrogens (tertiary/aromatic N) is 2. The number of ether oxygens (including phenoxy) is 1. The van der Waals surface area contributed by atoms with Crippen molar-refractivity contribution in [2.75, 3.05) is 11.6 Å². The Hall–Kier alpha value is -1.68. The van der Waals surface area contributed by atoms with Crippen LogP contribution in [-0.2, 0) is 9.53 Å². The van der Waals surface area contributed by atoms with Gasteiger partial charge in [0.1, 0.15) is 0 Å². The lowest BCUT2D eigenvalue weighted by Crippen LogP contribution is -2.31. The van der Waals surface area contributed by atoms with Crippen LogP contribution in [0.25, 0.3) is 0 Å². The summed E-state index contributed by atoms with van der Waals surface area (Å²) in [7, 11) is 0. The Bertz CT molecular complexity index is 375. The quantitative estimate of drug-likeness (QED) is 0.747. The molecule has 1 aliphatic rings. The summed E-state index contributed by atoms with van der Waals surface area (Å²) in [6, 6.07) is 9.30. The molecule has 0 N–H and O–H groups in total. The van der Waals surface area contributed by atoms with Gasteiger partial charge in [-0.3, -0.25) is 4.79 Å². The highest BCUT2D eigenvalue weighted by Crippen LogP contribution is 2.18. The number of anilines is 1. The monoisotopic (exact) mass is 204 g/mol. The van der Waals surface area contributed by atoms with Gasteiger partial charge in [0.05, 0.1) is 11.9 Å². The summed E-state index contributed by atoms with van der Waals surface area (Å²) < 4.78 is 5.23. The molecule has 15 heavy (non-hydrogen) atoms. The zero-order valence-corrected chi connectivity index (χ0v) is 8.46. The Balaban J connectivity index is 2.15. The molecule has 0 spiro atoms. The molecule has 1 aliphatic heterocycles. The van der Waals surface area contributed by atoms with Gasteiger partial charge in [0.15, 0.2) is 6.10 Å². The summed E-state index contributed by atoms with van der Waals surface area (Å²) in [5, 5.41) is 5.38. The van der Waals surface area contributed by atoms with Crippen molar-refractivity contribution in [3.8, 4) is 0 Å². The maximum atomic E-state index is 11.8. The second kappa shape index (κ2) is 4.23. The van der Waals surface area contributed by atoms with E-state index in [4.69, 9.17) is 4.74 Å². The number of carbonyl (C=O) groups excluding carboxylic acids is 1. The van der Waals surface area contributed by atoms with Gasteiger partial charge in [0.25, 0.3) is 5.91 Å². The summed E-state index contributed by atoms with van der Waals surface area (Å²) >= 11 is 0. The second-order valence-corrected chi connectivity index (χ2v) is 3.13. The lowest BCUT2D eigenvalue weighted by atomic mass is 10.3. The molecule has 1 heterocycles. The van der Waals surface area contributed by atoms with E-state index in [9.17, 15) is 4.79 Å². The molecule has 1 atom stereocenters. The second-order valence-electron chi connectivity index (χ2n) is 3.13. The topological polar surface area (TPSA) is 41.9 Å². The molecule has 4 heteroatoms. The number of benzene rings is 1. The van der Waals surface area contributed by atoms with E-state index < -0.39 is 6.10 Å². The first-order chi connectivity index (χ1) is 7.33. The molecular formula is C11H12N2O2. The Kier molecular flexibility index (Phi) is 2.78. The van der Waals surface area contributed by atoms with Crippen LogP contribution >= 0.6 is 0 Å². The van der Waals surface area contributed by atoms with Crippen molar-refractivity contribution in [1.82, 2.24) is 0 Å². The van der Waals surface area contributed by atoms with E-state index in [1.165, 1.54) is 11.2 Å². The molecule has 0 saturated carbocycles. The van der Waals surface area contributed by atoms with Gasteiger partial charge in [-0.05, 0) is 19.1 Å². The fourth-order valence-electron chi connectivity index (χ4n) is 1.43. The Morgan fingerprint density at radius 3 is 2.80 bits per heavy atom. The van der Waals surface area contributed by atoms with Crippen molar-refractivity contribution < 1.29 is 9.53 Å². The van der Waals surface area contributed by atoms with Crippen molar-refractivity contribution in [3.63, 3.8) is 0 Å². The first kappa shape index (κ1) is 9.86. The molecule has 1 aromatic carbocycles. The summed E-state index contributed by atoms with van der Waals surface area (Å²) in [5.41, 5.74) is 0.765. The predicted octanol–water partition coefficient (Wildman–Crippen LogP) is 1.42. The number of hydrazone groups is 1. The van der Waals surface area contributed by atoms with Crippen LogP contribution in [0.1, 0.15) is 6.92 Å². The van der Waals surface area contributed by atoms with Gasteiger partial charge in [-0.15, -0.1) is 0 Å². The third kappa shape index (κ3) is 1.89. The number of hydrogen-bond acceptors (Lipinski definition) is 3. The molecule has 1 amide bonds. The van der Waals surface area contributed by atoms with Crippen LogP contribution in [-0.4, -0.2) is 24.8 Å². The predicted molar refractivity (Wildman–Crippen MR) is 57.8 cm³/mol. The molecule has 4 nitrogen and oxygen atoms in total. The molecular weight excluding hydrogens is 192 g/mol. The molecule has 0 bridgehead atoms. The van der Waals surface area contributed by atoms with E-state index >= 15 is 0 Å². The minimum atomic E-state index is -0.532. The van der Waals surface area contributed by atoms with Crippen LogP contribution in [0, 0.1) is 0 Å². The molecule has 2 rings (SSSR count). The minimum absolute atomic E-state index is 0.136. The SMILES string of the molecule is CCOC1C=NN(c2ccccc2)C1=O. The number of hydrogen-bond donors (Lipinski definition) is 0. The molecule has 0 saturated heterocycles. The first-order valence-corrected chi connectivity index (χ1v) is 4.87. The van der Waals surface area contributed by atoms with Crippen LogP contribution in [0.3, 0.4) is 0 Å². The van der Waals surface area contributed by atoms with E-state index in [0.717, 1.165) is 5.69 Å². The fraction of sp³-hybridized carbons (Fsp3) is 0.273. The third-order valence-electron chi connectivity index (χ3n) is 2.12. The summed E-state index contributed by atoms with van der Waals surface area (Å²) in [4.78, 5) is 11.8. The molecule has 0 aromatic heterocycles. The average Bonchev–Trinajstić information content (AvgIpc) is 2.63. The minimum Gasteiger partial charge on any atom is -0.363 e. The van der Waals surface area contributed by atoms with Crippen LogP contribution in [0.2, 0.25) is 0 Å². The summed E-state index contributed by atoms with van der Waals surface area (Å²) in [6.45, 7) is 2.36. The van der Waals surface area contributed by atoms with Crippen LogP contribution in [0.4, 0.5) is 5.69 Å². The first-order valence-electron chi connectivity index (χ1n) is 4.87. The zero-order chi connectivity index (χ0) is 10.7. The van der Waals surface area contributed by atoms with Crippen molar-refractivity contribution in [2.45, 2.75) is 13.0 Å². The van der Waals surface area contributed by atoms with E-state index in [0.29, 0.717) is 6.61 Å². The molecule has 1 aromatic rings. The van der Waals surface area contributed by atoms with Gasteiger partial charge in [0.2, 0.25) is 0 Å². The van der Waals surface area contributed by atoms with Crippen LogP contribution < -0.4 is 5.01 Å². The number of carbonyl (C=O) groups is 1. The lowest BCUT2D eigenvalue weighted by molar-refractivity contribution is -0.124. The van der Waals surface area contributed by atoms with E-state index in [-0.39, 0.29) is 5.91 Å². The summed E-state index contributed by atoms with van der Waals surface area (Å²) in [6.07, 6.45) is 0.994. The smallest absolute Gasteiger partial charge is 0.282 e. The Labute approximate surface area is 88.2 Å². The van der Waals surface area contributed by atoms with Gasteiger partial charge in [0, 0.05) is 6.61 Å². The molecule has 0 fully saturated rings. The van der Waals surface area contributed by atoms with Gasteiger partial charge in [-0.25, -0.2) is 0 Å². The molecule has 0 radical (unpaired) electrons. The molecule has 0 aliphatic carbocycles. The van der Waals surface area contributed by atoms with Crippen molar-refractivity contribution in [2.24, 2.45) is 5.10 Å². The van der Waals surface area contributed by atoms with Gasteiger partial charge >= 0.3 is 0 Å². The van der Waals surface area contributed by atoms with Crippen molar-refractivity contribution in [3.05, 3.63) is 30.3 Å². The van der Waals surface area contributed by atoms with Gasteiger partial charge < -0.3 is 4.74 Å². The zero-order valence-electron chi connectivity index (χ0n) is 8.46. The van der Waals surface area contributed by atoms with E-state index in [1.807, 2.05) is 37.3 Å². The number of para-hydroxylation sites is 1. The highest BCUT2D eigenvalue weighted by molar-refractivity contribution is 6.10. The van der Waals surface area contributed by atoms with Crippen LogP contribution in [0.5, 0.6) is 0 Å². The third-order valence-corrected chi connectivity index (χ3v) is 2.12. The fourth-order valence-corrected chi connectivity index (χ4v) is 1.43. The van der Waals surface area contributed by atoms with Gasteiger partial charge in [-0.2, -0.15) is 10.1 Å². The van der Waals surface area contributed by atoms with Crippen molar-refractivity contribution >= 4 is 17.8 Å². The highest BCUT2D eigenvalue weighted by Gasteiger charge is 2.29. The number of amides is 1. The Morgan fingerprint density at radius 2 is 2.13 bits per heavy atom. The molecule has 1 unspecified atom stereocenters. The highest BCUT2D eigenvalue weighted by atomic mass is 16.5. The number of rotatable bonds is 3.